The van der Waals surface area contributed by atoms with Crippen LogP contribution in [-0.2, 0) is 0 Å². The Labute approximate surface area is 226 Å². The monoisotopic (exact) mass is 516 g/mol. The highest BCUT2D eigenvalue weighted by Crippen LogP contribution is 2.28. The smallest absolute Gasteiger partial charge is 0.255 e. The predicted octanol–water partition coefficient (Wildman–Crippen LogP) is 6.18. The molecule has 3 aromatic carbocycles. The molecule has 0 aliphatic carbocycles. The molecule has 39 heavy (non-hydrogen) atoms. The molecule has 0 bridgehead atoms. The Hall–Kier alpha value is -4.98. The molecule has 8 heteroatoms. The third-order valence-corrected chi connectivity index (χ3v) is 6.98. The van der Waals surface area contributed by atoms with E-state index in [1.165, 1.54) is 31.3 Å². The summed E-state index contributed by atoms with van der Waals surface area (Å²) in [6.07, 6.45) is 6.82. The average molecular weight is 517 g/mol. The van der Waals surface area contributed by atoms with Crippen LogP contribution in [0.25, 0.3) is 11.0 Å². The Balaban J connectivity index is 1.20. The quantitative estimate of drug-likeness (QED) is 0.223. The molecule has 8 nitrogen and oxygen atoms in total. The van der Waals surface area contributed by atoms with Crippen molar-refractivity contribution in [2.75, 3.05) is 28.6 Å². The minimum absolute atomic E-state index is 0.126. The van der Waals surface area contributed by atoms with Crippen LogP contribution in [0.2, 0.25) is 0 Å². The summed E-state index contributed by atoms with van der Waals surface area (Å²) in [5.41, 5.74) is 4.70. The van der Waals surface area contributed by atoms with Gasteiger partial charge < -0.3 is 20.5 Å². The van der Waals surface area contributed by atoms with Crippen molar-refractivity contribution in [3.63, 3.8) is 0 Å². The highest BCUT2D eigenvalue weighted by Gasteiger charge is 2.19. The Morgan fingerprint density at radius 3 is 2.36 bits per heavy atom. The third-order valence-electron chi connectivity index (χ3n) is 6.98. The second-order valence-corrected chi connectivity index (χ2v) is 9.60. The number of amides is 1. The molecule has 1 amide bonds. The van der Waals surface area contributed by atoms with Gasteiger partial charge in [0.2, 0.25) is 0 Å². The zero-order valence-electron chi connectivity index (χ0n) is 21.4. The van der Waals surface area contributed by atoms with E-state index in [2.05, 4.69) is 42.6 Å². The van der Waals surface area contributed by atoms with Gasteiger partial charge in [0.25, 0.3) is 5.91 Å². The van der Waals surface area contributed by atoms with Gasteiger partial charge in [-0.05, 0) is 61.7 Å². The van der Waals surface area contributed by atoms with Crippen LogP contribution in [0.4, 0.5) is 22.9 Å². The molecule has 2 aromatic heterocycles. The molecule has 1 fully saturated rings. The first-order chi connectivity index (χ1) is 19.2. The van der Waals surface area contributed by atoms with E-state index in [4.69, 9.17) is 0 Å². The van der Waals surface area contributed by atoms with E-state index in [0.29, 0.717) is 39.2 Å². The molecule has 1 aliphatic heterocycles. The van der Waals surface area contributed by atoms with E-state index in [-0.39, 0.29) is 11.7 Å². The van der Waals surface area contributed by atoms with Gasteiger partial charge >= 0.3 is 0 Å². The summed E-state index contributed by atoms with van der Waals surface area (Å²) in [6.45, 7) is 2.16. The van der Waals surface area contributed by atoms with Gasteiger partial charge in [-0.1, -0.05) is 36.4 Å². The average Bonchev–Trinajstić information content (AvgIpc) is 3.43. The van der Waals surface area contributed by atoms with Crippen molar-refractivity contribution >= 4 is 45.6 Å². The molecule has 0 saturated carbocycles. The fourth-order valence-corrected chi connectivity index (χ4v) is 4.97. The summed E-state index contributed by atoms with van der Waals surface area (Å²) >= 11 is 0. The maximum Gasteiger partial charge on any atom is 0.255 e. The molecule has 0 unspecified atom stereocenters. The summed E-state index contributed by atoms with van der Waals surface area (Å²) in [7, 11) is 0. The van der Waals surface area contributed by atoms with Gasteiger partial charge in [0.05, 0.1) is 10.9 Å². The van der Waals surface area contributed by atoms with Crippen LogP contribution in [0.3, 0.4) is 0 Å². The lowest BCUT2D eigenvalue weighted by atomic mass is 10.0. The number of H-pyrrole nitrogens is 1. The van der Waals surface area contributed by atoms with Crippen molar-refractivity contribution in [3.8, 4) is 0 Å². The molecular weight excluding hydrogens is 488 g/mol. The number of anilines is 4. The minimum Gasteiger partial charge on any atom is -0.372 e. The summed E-state index contributed by atoms with van der Waals surface area (Å²) in [5, 5.41) is 6.85. The van der Waals surface area contributed by atoms with Crippen molar-refractivity contribution in [2.24, 2.45) is 0 Å². The van der Waals surface area contributed by atoms with Gasteiger partial charge in [0, 0.05) is 47.5 Å². The Bertz CT molecular complexity index is 1620. The molecule has 3 heterocycles. The number of fused-ring (bicyclic) bond motifs is 1. The molecule has 1 aliphatic rings. The van der Waals surface area contributed by atoms with Crippen LogP contribution >= 0.6 is 0 Å². The number of rotatable bonds is 7. The van der Waals surface area contributed by atoms with E-state index in [0.717, 1.165) is 18.8 Å². The van der Waals surface area contributed by atoms with Crippen LogP contribution < -0.4 is 15.5 Å². The van der Waals surface area contributed by atoms with Gasteiger partial charge in [0.1, 0.15) is 17.8 Å². The molecule has 194 valence electrons. The lowest BCUT2D eigenvalue weighted by molar-refractivity contribution is 0.102. The van der Waals surface area contributed by atoms with Crippen molar-refractivity contribution in [1.82, 2.24) is 15.0 Å². The Morgan fingerprint density at radius 1 is 0.795 bits per heavy atom. The predicted molar refractivity (Wildman–Crippen MR) is 154 cm³/mol. The van der Waals surface area contributed by atoms with Crippen LogP contribution in [0.5, 0.6) is 0 Å². The van der Waals surface area contributed by atoms with Gasteiger partial charge in [-0.3, -0.25) is 9.59 Å². The number of nitrogens with zero attached hydrogens (tertiary/aromatic N) is 3. The summed E-state index contributed by atoms with van der Waals surface area (Å²) in [5.74, 6) is 0.143. The van der Waals surface area contributed by atoms with Gasteiger partial charge in [-0.2, -0.15) is 0 Å². The number of nitrogens with one attached hydrogen (secondary N) is 3. The molecule has 0 atom stereocenters. The van der Waals surface area contributed by atoms with Gasteiger partial charge in [-0.15, -0.1) is 0 Å². The largest absolute Gasteiger partial charge is 0.372 e. The Kier molecular flexibility index (Phi) is 6.74. The maximum absolute atomic E-state index is 13.2. The van der Waals surface area contributed by atoms with Crippen molar-refractivity contribution in [3.05, 3.63) is 108 Å². The van der Waals surface area contributed by atoms with Gasteiger partial charge in [0.15, 0.2) is 5.78 Å². The molecule has 3 N–H and O–H groups in total. The van der Waals surface area contributed by atoms with Crippen molar-refractivity contribution in [1.29, 1.82) is 0 Å². The van der Waals surface area contributed by atoms with E-state index in [1.54, 1.807) is 30.5 Å². The van der Waals surface area contributed by atoms with E-state index >= 15 is 0 Å². The lowest BCUT2D eigenvalue weighted by Crippen LogP contribution is -2.29. The van der Waals surface area contributed by atoms with Crippen LogP contribution in [-0.4, -0.2) is 39.7 Å². The molecule has 0 spiro atoms. The first-order valence-corrected chi connectivity index (χ1v) is 13.1. The Morgan fingerprint density at radius 2 is 1.56 bits per heavy atom. The second kappa shape index (κ2) is 10.8. The third kappa shape index (κ3) is 5.22. The number of aromatic nitrogens is 3. The zero-order valence-corrected chi connectivity index (χ0v) is 21.4. The van der Waals surface area contributed by atoms with Crippen LogP contribution in [0.1, 0.15) is 45.5 Å². The minimum atomic E-state index is -0.209. The summed E-state index contributed by atoms with van der Waals surface area (Å²) in [4.78, 5) is 40.4. The van der Waals surface area contributed by atoms with E-state index in [1.807, 2.05) is 42.5 Å². The molecule has 0 radical (unpaired) electrons. The number of benzene rings is 3. The summed E-state index contributed by atoms with van der Waals surface area (Å²) in [6, 6.07) is 24.3. The zero-order chi connectivity index (χ0) is 26.6. The van der Waals surface area contributed by atoms with Crippen molar-refractivity contribution < 1.29 is 9.59 Å². The number of piperidine rings is 1. The number of carbonyl (C=O) groups excluding carboxylic acids is 2. The lowest BCUT2D eigenvalue weighted by Gasteiger charge is -2.28. The first-order valence-electron chi connectivity index (χ1n) is 13.1. The van der Waals surface area contributed by atoms with Crippen molar-refractivity contribution in [2.45, 2.75) is 19.3 Å². The van der Waals surface area contributed by atoms with Crippen LogP contribution in [0, 0.1) is 0 Å². The molecule has 6 rings (SSSR count). The van der Waals surface area contributed by atoms with Gasteiger partial charge in [-0.25, -0.2) is 9.97 Å². The van der Waals surface area contributed by atoms with E-state index in [9.17, 15) is 9.59 Å². The molecular formula is C31H28N6O2. The topological polar surface area (TPSA) is 103 Å². The number of hydrogen-bond donors (Lipinski definition) is 3. The number of aromatic amines is 1. The number of hydrogen-bond acceptors (Lipinski definition) is 6. The van der Waals surface area contributed by atoms with Crippen LogP contribution in [0.15, 0.2) is 91.4 Å². The highest BCUT2D eigenvalue weighted by atomic mass is 16.1. The maximum atomic E-state index is 13.2. The SMILES string of the molecule is O=C(Nc1ccc(N2CCCCC2)cc1)c1cccc(Nc2ncnc3[nH]cc(C(=O)c4ccccc4)c23)c1. The standard InChI is InChI=1S/C31H28N6O2/c38-28(21-8-3-1-4-9-21)26-19-32-29-27(26)30(34-20-33-29)35-24-11-7-10-22(18-24)31(39)36-23-12-14-25(15-13-23)37-16-5-2-6-17-37/h1,3-4,7-15,18-20H,2,5-6,16-17H2,(H,36,39)(H2,32,33,34,35). The second-order valence-electron chi connectivity index (χ2n) is 9.60. The fourth-order valence-electron chi connectivity index (χ4n) is 4.97. The summed E-state index contributed by atoms with van der Waals surface area (Å²) < 4.78 is 0. The normalized spacial score (nSPS) is 13.3. The number of ketones is 1. The fraction of sp³-hybridized carbons (Fsp3) is 0.161. The molecule has 5 aromatic rings. The first kappa shape index (κ1) is 24.4. The number of carbonyl (C=O) groups is 2. The van der Waals surface area contributed by atoms with E-state index < -0.39 is 0 Å². The highest BCUT2D eigenvalue weighted by molar-refractivity contribution is 6.18. The molecule has 1 saturated heterocycles.